The van der Waals surface area contributed by atoms with Gasteiger partial charge >= 0.3 is 0 Å². The van der Waals surface area contributed by atoms with Crippen LogP contribution >= 0.6 is 0 Å². The highest BCUT2D eigenvalue weighted by Crippen LogP contribution is 2.39. The van der Waals surface area contributed by atoms with E-state index in [1.54, 1.807) is 12.1 Å². The molecule has 0 aliphatic carbocycles. The Labute approximate surface area is 110 Å². The van der Waals surface area contributed by atoms with E-state index in [0.717, 1.165) is 10.8 Å². The van der Waals surface area contributed by atoms with Crippen LogP contribution in [0.5, 0.6) is 23.0 Å². The molecule has 0 spiro atoms. The fourth-order valence-corrected chi connectivity index (χ4v) is 2.00. The summed E-state index contributed by atoms with van der Waals surface area (Å²) in [6.45, 7) is 0. The molecular formula is C16H12O3. The van der Waals surface area contributed by atoms with Crippen molar-refractivity contribution >= 4 is 10.8 Å². The van der Waals surface area contributed by atoms with Gasteiger partial charge in [0.15, 0.2) is 11.5 Å². The molecule has 0 radical (unpaired) electrons. The molecule has 0 saturated heterocycles. The molecule has 0 aliphatic heterocycles. The van der Waals surface area contributed by atoms with Crippen molar-refractivity contribution < 1.29 is 14.9 Å². The SMILES string of the molecule is Oc1cccc(Oc2cccc3ccccc23)c1O. The van der Waals surface area contributed by atoms with Crippen LogP contribution in [0, 0.1) is 0 Å². The van der Waals surface area contributed by atoms with Crippen molar-refractivity contribution in [3.63, 3.8) is 0 Å². The summed E-state index contributed by atoms with van der Waals surface area (Å²) >= 11 is 0. The Balaban J connectivity index is 2.09. The Bertz CT molecular complexity index is 730. The second-order valence-electron chi connectivity index (χ2n) is 4.20. The molecule has 0 aliphatic rings. The fraction of sp³-hybridized carbons (Fsp3) is 0. The van der Waals surface area contributed by atoms with Gasteiger partial charge in [-0.2, -0.15) is 0 Å². The van der Waals surface area contributed by atoms with Crippen LogP contribution in [-0.2, 0) is 0 Å². The summed E-state index contributed by atoms with van der Waals surface area (Å²) in [6, 6.07) is 18.2. The van der Waals surface area contributed by atoms with E-state index in [4.69, 9.17) is 4.74 Å². The summed E-state index contributed by atoms with van der Waals surface area (Å²) in [5.41, 5.74) is 0. The van der Waals surface area contributed by atoms with Gasteiger partial charge in [-0.25, -0.2) is 0 Å². The number of hydrogen-bond donors (Lipinski definition) is 2. The Kier molecular flexibility index (Phi) is 2.72. The summed E-state index contributed by atoms with van der Waals surface area (Å²) in [4.78, 5) is 0. The zero-order valence-electron chi connectivity index (χ0n) is 10.1. The van der Waals surface area contributed by atoms with Gasteiger partial charge in [0.2, 0.25) is 5.75 Å². The van der Waals surface area contributed by atoms with Crippen molar-refractivity contribution in [3.8, 4) is 23.0 Å². The highest BCUT2D eigenvalue weighted by atomic mass is 16.5. The Morgan fingerprint density at radius 3 is 2.26 bits per heavy atom. The molecule has 0 unspecified atom stereocenters. The second-order valence-corrected chi connectivity index (χ2v) is 4.20. The largest absolute Gasteiger partial charge is 0.504 e. The first kappa shape index (κ1) is 11.4. The molecule has 19 heavy (non-hydrogen) atoms. The van der Waals surface area contributed by atoms with Crippen LogP contribution in [0.25, 0.3) is 10.8 Å². The molecule has 0 atom stereocenters. The van der Waals surface area contributed by atoms with E-state index in [0.29, 0.717) is 5.75 Å². The molecule has 0 fully saturated rings. The molecule has 3 heteroatoms. The van der Waals surface area contributed by atoms with E-state index >= 15 is 0 Å². The summed E-state index contributed by atoms with van der Waals surface area (Å²) in [5.74, 6) is 0.420. The van der Waals surface area contributed by atoms with Crippen molar-refractivity contribution in [2.45, 2.75) is 0 Å². The minimum absolute atomic E-state index is 0.197. The third-order valence-corrected chi connectivity index (χ3v) is 2.95. The maximum absolute atomic E-state index is 9.76. The lowest BCUT2D eigenvalue weighted by atomic mass is 10.1. The predicted molar refractivity (Wildman–Crippen MR) is 73.8 cm³/mol. The van der Waals surface area contributed by atoms with E-state index in [-0.39, 0.29) is 17.2 Å². The van der Waals surface area contributed by atoms with Crippen LogP contribution in [0.1, 0.15) is 0 Å². The van der Waals surface area contributed by atoms with Crippen molar-refractivity contribution in [1.82, 2.24) is 0 Å². The van der Waals surface area contributed by atoms with Gasteiger partial charge in [-0.15, -0.1) is 0 Å². The normalized spacial score (nSPS) is 10.5. The van der Waals surface area contributed by atoms with Crippen molar-refractivity contribution in [2.75, 3.05) is 0 Å². The lowest BCUT2D eigenvalue weighted by Gasteiger charge is -2.10. The van der Waals surface area contributed by atoms with E-state index in [1.165, 1.54) is 6.07 Å². The van der Waals surface area contributed by atoms with E-state index in [9.17, 15) is 10.2 Å². The predicted octanol–water partition coefficient (Wildman–Crippen LogP) is 4.04. The molecule has 0 saturated carbocycles. The molecule has 3 nitrogen and oxygen atoms in total. The highest BCUT2D eigenvalue weighted by molar-refractivity contribution is 5.88. The van der Waals surface area contributed by atoms with Gasteiger partial charge in [0.1, 0.15) is 5.75 Å². The monoisotopic (exact) mass is 252 g/mol. The molecule has 0 heterocycles. The first-order valence-electron chi connectivity index (χ1n) is 5.92. The summed E-state index contributed by atoms with van der Waals surface area (Å²) in [5, 5.41) is 21.2. The quantitative estimate of drug-likeness (QED) is 0.676. The van der Waals surface area contributed by atoms with Crippen molar-refractivity contribution in [1.29, 1.82) is 0 Å². The van der Waals surface area contributed by atoms with Gasteiger partial charge < -0.3 is 14.9 Å². The van der Waals surface area contributed by atoms with Crippen molar-refractivity contribution in [2.24, 2.45) is 0 Å². The fourth-order valence-electron chi connectivity index (χ4n) is 2.00. The topological polar surface area (TPSA) is 49.7 Å². The average molecular weight is 252 g/mol. The number of para-hydroxylation sites is 1. The molecule has 3 aromatic rings. The van der Waals surface area contributed by atoms with Gasteiger partial charge in [-0.05, 0) is 23.6 Å². The molecule has 94 valence electrons. The van der Waals surface area contributed by atoms with Gasteiger partial charge in [-0.3, -0.25) is 0 Å². The lowest BCUT2D eigenvalue weighted by Crippen LogP contribution is -1.86. The van der Waals surface area contributed by atoms with Crippen LogP contribution in [0.15, 0.2) is 60.7 Å². The first-order valence-corrected chi connectivity index (χ1v) is 5.92. The maximum Gasteiger partial charge on any atom is 0.201 e. The molecule has 3 aromatic carbocycles. The number of phenols is 2. The van der Waals surface area contributed by atoms with E-state index < -0.39 is 0 Å². The maximum atomic E-state index is 9.76. The highest BCUT2D eigenvalue weighted by Gasteiger charge is 2.09. The molecule has 3 rings (SSSR count). The van der Waals surface area contributed by atoms with Crippen LogP contribution in [0.2, 0.25) is 0 Å². The number of phenolic OH excluding ortho intramolecular Hbond substituents is 2. The smallest absolute Gasteiger partial charge is 0.201 e. The van der Waals surface area contributed by atoms with E-state index in [1.807, 2.05) is 42.5 Å². The van der Waals surface area contributed by atoms with Crippen LogP contribution in [0.4, 0.5) is 0 Å². The average Bonchev–Trinajstić information content (AvgIpc) is 2.44. The number of aromatic hydroxyl groups is 2. The number of benzene rings is 3. The molecule has 0 aromatic heterocycles. The zero-order valence-corrected chi connectivity index (χ0v) is 10.1. The Hall–Kier alpha value is -2.68. The Morgan fingerprint density at radius 1 is 0.684 bits per heavy atom. The van der Waals surface area contributed by atoms with Gasteiger partial charge in [0.05, 0.1) is 0 Å². The summed E-state index contributed by atoms with van der Waals surface area (Å²) in [6.07, 6.45) is 0. The molecule has 0 bridgehead atoms. The molecule has 0 amide bonds. The minimum Gasteiger partial charge on any atom is -0.504 e. The minimum atomic E-state index is -0.254. The standard InChI is InChI=1S/C16H12O3/c17-13-8-4-10-15(16(13)18)19-14-9-3-6-11-5-1-2-7-12(11)14/h1-10,17-18H. The number of fused-ring (bicyclic) bond motifs is 1. The molecule has 2 N–H and O–H groups in total. The first-order chi connectivity index (χ1) is 9.25. The third-order valence-electron chi connectivity index (χ3n) is 2.95. The lowest BCUT2D eigenvalue weighted by molar-refractivity contribution is 0.374. The Morgan fingerprint density at radius 2 is 1.37 bits per heavy atom. The number of hydrogen-bond acceptors (Lipinski definition) is 3. The number of rotatable bonds is 2. The third kappa shape index (κ3) is 2.06. The van der Waals surface area contributed by atoms with Crippen LogP contribution < -0.4 is 4.74 Å². The van der Waals surface area contributed by atoms with Gasteiger partial charge in [-0.1, -0.05) is 42.5 Å². The van der Waals surface area contributed by atoms with Crippen molar-refractivity contribution in [3.05, 3.63) is 60.7 Å². The van der Waals surface area contributed by atoms with Gasteiger partial charge in [0, 0.05) is 5.39 Å². The van der Waals surface area contributed by atoms with Crippen LogP contribution in [-0.4, -0.2) is 10.2 Å². The zero-order chi connectivity index (χ0) is 13.2. The molecular weight excluding hydrogens is 240 g/mol. The second kappa shape index (κ2) is 4.53. The van der Waals surface area contributed by atoms with E-state index in [2.05, 4.69) is 0 Å². The summed E-state index contributed by atoms with van der Waals surface area (Å²) < 4.78 is 5.69. The van der Waals surface area contributed by atoms with Crippen LogP contribution in [0.3, 0.4) is 0 Å². The number of ether oxygens (including phenoxy) is 1. The van der Waals surface area contributed by atoms with Gasteiger partial charge in [0.25, 0.3) is 0 Å². The summed E-state index contributed by atoms with van der Waals surface area (Å²) in [7, 11) is 0.